The van der Waals surface area contributed by atoms with Crippen LogP contribution in [-0.2, 0) is 0 Å². The predicted molar refractivity (Wildman–Crippen MR) is 78.5 cm³/mol. The molecule has 18 heavy (non-hydrogen) atoms. The average Bonchev–Trinajstić information content (AvgIpc) is 2.79. The molecule has 0 saturated heterocycles. The number of hydrogen-bond acceptors (Lipinski definition) is 2. The lowest BCUT2D eigenvalue weighted by Crippen LogP contribution is -2.10. The minimum absolute atomic E-state index is 0. The van der Waals surface area contributed by atoms with E-state index in [1.165, 1.54) is 0 Å². The molecule has 1 unspecified atom stereocenters. The molecule has 0 radical (unpaired) electrons. The van der Waals surface area contributed by atoms with E-state index in [9.17, 15) is 4.79 Å². The number of nitrogens with one attached hydrogen (secondary N) is 1. The second-order valence-corrected chi connectivity index (χ2v) is 5.02. The summed E-state index contributed by atoms with van der Waals surface area (Å²) in [5.74, 6) is 0.270. The zero-order valence-electron chi connectivity index (χ0n) is 11.4. The molecule has 1 heterocycles. The Balaban J connectivity index is 0.00000180. The maximum Gasteiger partial charge on any atom is 0.181 e. The van der Waals surface area contributed by atoms with Gasteiger partial charge in [-0.3, -0.25) is 4.79 Å². The Labute approximate surface area is 109 Å². The van der Waals surface area contributed by atoms with Gasteiger partial charge in [-0.1, -0.05) is 19.9 Å². The second kappa shape index (κ2) is 4.84. The zero-order chi connectivity index (χ0) is 13.3. The lowest BCUT2D eigenvalue weighted by Gasteiger charge is -2.11. The second-order valence-electron chi connectivity index (χ2n) is 5.02. The number of anilines is 1. The molecule has 0 fully saturated rings. The van der Waals surface area contributed by atoms with Gasteiger partial charge in [-0.2, -0.15) is 0 Å². The van der Waals surface area contributed by atoms with E-state index in [4.69, 9.17) is 0 Å². The van der Waals surface area contributed by atoms with Gasteiger partial charge in [-0.25, -0.2) is 0 Å². The summed E-state index contributed by atoms with van der Waals surface area (Å²) in [6.45, 7) is 4.01. The first-order valence-corrected chi connectivity index (χ1v) is 6.37. The summed E-state index contributed by atoms with van der Waals surface area (Å²) in [5, 5.41) is 1.09. The third-order valence-electron chi connectivity index (χ3n) is 3.45. The summed E-state index contributed by atoms with van der Waals surface area (Å²) in [6, 6.07) is 8.13. The molecule has 0 aliphatic heterocycles. The van der Waals surface area contributed by atoms with Gasteiger partial charge in [0.15, 0.2) is 5.78 Å². The van der Waals surface area contributed by atoms with Crippen LogP contribution in [0.25, 0.3) is 10.9 Å². The number of benzene rings is 1. The summed E-state index contributed by atoms with van der Waals surface area (Å²) < 4.78 is 0. The summed E-state index contributed by atoms with van der Waals surface area (Å²) in [7, 11) is 4.02. The number of H-pyrrole nitrogens is 1. The number of nitrogens with zero attached hydrogens (tertiary/aromatic N) is 1. The van der Waals surface area contributed by atoms with Gasteiger partial charge in [0.2, 0.25) is 0 Å². The quantitative estimate of drug-likeness (QED) is 0.835. The third-order valence-corrected chi connectivity index (χ3v) is 3.45. The van der Waals surface area contributed by atoms with Crippen molar-refractivity contribution in [2.75, 3.05) is 19.0 Å². The van der Waals surface area contributed by atoms with Gasteiger partial charge in [0.05, 0.1) is 5.69 Å². The predicted octanol–water partition coefficient (Wildman–Crippen LogP) is 3.71. The molecule has 0 amide bonds. The van der Waals surface area contributed by atoms with Crippen molar-refractivity contribution in [1.82, 2.24) is 4.98 Å². The Hall–Kier alpha value is -1.77. The molecule has 3 heteroatoms. The minimum Gasteiger partial charge on any atom is -0.378 e. The number of rotatable bonds is 4. The molecule has 2 rings (SSSR count). The van der Waals surface area contributed by atoms with Gasteiger partial charge in [-0.05, 0) is 24.6 Å². The van der Waals surface area contributed by atoms with Crippen LogP contribution < -0.4 is 4.90 Å². The highest BCUT2D eigenvalue weighted by molar-refractivity contribution is 6.01. The molecule has 0 bridgehead atoms. The summed E-state index contributed by atoms with van der Waals surface area (Å²) in [6.07, 6.45) is 0.872. The number of aromatic nitrogens is 1. The van der Waals surface area contributed by atoms with Crippen LogP contribution in [0, 0.1) is 5.92 Å². The summed E-state index contributed by atoms with van der Waals surface area (Å²) >= 11 is 0. The highest BCUT2D eigenvalue weighted by Crippen LogP contribution is 2.23. The topological polar surface area (TPSA) is 36.1 Å². The maximum absolute atomic E-state index is 12.1. The third kappa shape index (κ3) is 2.26. The Morgan fingerprint density at radius 2 is 2.11 bits per heavy atom. The van der Waals surface area contributed by atoms with Crippen molar-refractivity contribution in [3.05, 3.63) is 30.0 Å². The van der Waals surface area contributed by atoms with Crippen LogP contribution in [0.1, 0.15) is 32.2 Å². The Morgan fingerprint density at radius 3 is 2.72 bits per heavy atom. The van der Waals surface area contributed by atoms with E-state index >= 15 is 0 Å². The molecule has 0 aliphatic rings. The monoisotopic (exact) mass is 246 g/mol. The molecule has 0 spiro atoms. The van der Waals surface area contributed by atoms with Crippen molar-refractivity contribution >= 4 is 22.4 Å². The number of fused-ring (bicyclic) bond motifs is 1. The van der Waals surface area contributed by atoms with E-state index in [0.29, 0.717) is 0 Å². The van der Waals surface area contributed by atoms with Crippen LogP contribution in [0.4, 0.5) is 5.69 Å². The molecular formula is C15H22N2O. The van der Waals surface area contributed by atoms with E-state index in [2.05, 4.69) is 28.1 Å². The zero-order valence-corrected chi connectivity index (χ0v) is 11.4. The Bertz CT molecular complexity index is 575. The minimum atomic E-state index is 0. The highest BCUT2D eigenvalue weighted by atomic mass is 16.1. The largest absolute Gasteiger partial charge is 0.378 e. The molecule has 3 nitrogen and oxygen atoms in total. The lowest BCUT2D eigenvalue weighted by molar-refractivity contribution is 0.0923. The normalized spacial score (nSPS) is 12.7. The van der Waals surface area contributed by atoms with Crippen LogP contribution in [0.3, 0.4) is 0 Å². The first-order valence-electron chi connectivity index (χ1n) is 6.37. The fourth-order valence-corrected chi connectivity index (χ4v) is 1.98. The van der Waals surface area contributed by atoms with Gasteiger partial charge in [-0.15, -0.1) is 0 Å². The van der Waals surface area contributed by atoms with E-state index in [0.717, 1.165) is 28.7 Å². The molecule has 1 N–H and O–H groups in total. The van der Waals surface area contributed by atoms with Crippen LogP contribution in [-0.4, -0.2) is 24.9 Å². The molecule has 0 aliphatic carbocycles. The van der Waals surface area contributed by atoms with Crippen LogP contribution in [0.2, 0.25) is 0 Å². The van der Waals surface area contributed by atoms with E-state index in [1.807, 2.05) is 34.0 Å². The van der Waals surface area contributed by atoms with Crippen molar-refractivity contribution in [1.29, 1.82) is 0 Å². The Morgan fingerprint density at radius 1 is 1.39 bits per heavy atom. The maximum atomic E-state index is 12.1. The van der Waals surface area contributed by atoms with Crippen molar-refractivity contribution < 1.29 is 6.22 Å². The smallest absolute Gasteiger partial charge is 0.181 e. The SMILES string of the molecule is CCC(C)C(=O)c1cc2ccc(N(C)C)cc2[nH]1.[HH]. The molecule has 1 aromatic carbocycles. The van der Waals surface area contributed by atoms with Crippen molar-refractivity contribution in [3.8, 4) is 0 Å². The van der Waals surface area contributed by atoms with Crippen molar-refractivity contribution in [3.63, 3.8) is 0 Å². The fourth-order valence-electron chi connectivity index (χ4n) is 1.98. The van der Waals surface area contributed by atoms with Crippen molar-refractivity contribution in [2.24, 2.45) is 5.92 Å². The molecule has 1 atom stereocenters. The Kier molecular flexibility index (Phi) is 3.41. The molecule has 98 valence electrons. The van der Waals surface area contributed by atoms with E-state index < -0.39 is 0 Å². The number of carbonyl (C=O) groups is 1. The summed E-state index contributed by atoms with van der Waals surface area (Å²) in [4.78, 5) is 17.4. The van der Waals surface area contributed by atoms with Gasteiger partial charge in [0.1, 0.15) is 0 Å². The molecule has 2 aromatic rings. The fraction of sp³-hybridized carbons (Fsp3) is 0.400. The molecular weight excluding hydrogens is 224 g/mol. The number of Topliss-reactive ketones (excluding diaryl/α,β-unsaturated/α-hetero) is 1. The molecule has 0 saturated carbocycles. The van der Waals surface area contributed by atoms with Gasteiger partial charge in [0.25, 0.3) is 0 Å². The first kappa shape index (κ1) is 12.7. The van der Waals surface area contributed by atoms with E-state index in [-0.39, 0.29) is 13.1 Å². The van der Waals surface area contributed by atoms with Gasteiger partial charge < -0.3 is 9.88 Å². The number of hydrogen-bond donors (Lipinski definition) is 1. The average molecular weight is 246 g/mol. The number of aromatic amines is 1. The summed E-state index contributed by atoms with van der Waals surface area (Å²) in [5.41, 5.74) is 2.87. The lowest BCUT2D eigenvalue weighted by atomic mass is 10.0. The first-order chi connectivity index (χ1) is 8.52. The van der Waals surface area contributed by atoms with Gasteiger partial charge >= 0.3 is 0 Å². The van der Waals surface area contributed by atoms with E-state index in [1.54, 1.807) is 0 Å². The van der Waals surface area contributed by atoms with Gasteiger partial charge in [0, 0.05) is 38.0 Å². The van der Waals surface area contributed by atoms with Crippen LogP contribution in [0.5, 0.6) is 0 Å². The number of carbonyl (C=O) groups excluding carboxylic acids is 1. The number of ketones is 1. The molecule has 1 aromatic heterocycles. The van der Waals surface area contributed by atoms with Crippen LogP contribution in [0.15, 0.2) is 24.3 Å². The standard InChI is InChI=1S/C15H20N2O.H2/c1-5-10(2)15(18)14-8-11-6-7-12(17(3)4)9-13(11)16-14;/h6-10,16H,5H2,1-4H3;1H. The highest BCUT2D eigenvalue weighted by Gasteiger charge is 2.15. The van der Waals surface area contributed by atoms with Crippen LogP contribution >= 0.6 is 0 Å². The van der Waals surface area contributed by atoms with Crippen molar-refractivity contribution in [2.45, 2.75) is 20.3 Å².